The van der Waals surface area contributed by atoms with Crippen molar-refractivity contribution in [3.8, 4) is 0 Å². The lowest BCUT2D eigenvalue weighted by molar-refractivity contribution is -0.131. The highest BCUT2D eigenvalue weighted by atomic mass is 79.9. The number of hydrogen-bond donors (Lipinski definition) is 0. The molecule has 1 rings (SSSR count). The van der Waals surface area contributed by atoms with E-state index in [1.807, 2.05) is 11.8 Å². The Kier molecular flexibility index (Phi) is 6.25. The maximum atomic E-state index is 11.8. The molecule has 88 valence electrons. The Morgan fingerprint density at radius 3 is 2.93 bits per heavy atom. The molecule has 0 saturated carbocycles. The first-order valence-electron chi connectivity index (χ1n) is 5.73. The minimum Gasteiger partial charge on any atom is -0.378 e. The van der Waals surface area contributed by atoms with Gasteiger partial charge < -0.3 is 9.64 Å². The van der Waals surface area contributed by atoms with Crippen LogP contribution in [0.2, 0.25) is 0 Å². The molecule has 1 saturated heterocycles. The summed E-state index contributed by atoms with van der Waals surface area (Å²) in [6.45, 7) is 4.50. The predicted octanol–water partition coefficient (Wildman–Crippen LogP) is 2.19. The Bertz CT molecular complexity index is 193. The van der Waals surface area contributed by atoms with Crippen LogP contribution in [0.5, 0.6) is 0 Å². The zero-order valence-corrected chi connectivity index (χ0v) is 11.0. The van der Waals surface area contributed by atoms with E-state index >= 15 is 0 Å². The second kappa shape index (κ2) is 7.23. The van der Waals surface area contributed by atoms with E-state index in [4.69, 9.17) is 4.74 Å². The molecule has 0 N–H and O–H groups in total. The summed E-state index contributed by atoms with van der Waals surface area (Å²) in [5.41, 5.74) is 0. The molecule has 0 radical (unpaired) electrons. The van der Waals surface area contributed by atoms with Crippen molar-refractivity contribution in [2.45, 2.75) is 38.7 Å². The number of alkyl halides is 1. The van der Waals surface area contributed by atoms with Gasteiger partial charge in [0.2, 0.25) is 5.91 Å². The molecule has 1 atom stereocenters. The Balaban J connectivity index is 2.20. The molecule has 1 aliphatic heterocycles. The first-order valence-corrected chi connectivity index (χ1v) is 6.85. The number of halogens is 1. The van der Waals surface area contributed by atoms with Crippen LogP contribution < -0.4 is 0 Å². The van der Waals surface area contributed by atoms with Crippen molar-refractivity contribution in [2.24, 2.45) is 0 Å². The van der Waals surface area contributed by atoms with Crippen molar-refractivity contribution in [1.82, 2.24) is 4.90 Å². The van der Waals surface area contributed by atoms with Gasteiger partial charge in [-0.15, -0.1) is 0 Å². The molecule has 1 unspecified atom stereocenters. The highest BCUT2D eigenvalue weighted by Crippen LogP contribution is 2.17. The average molecular weight is 278 g/mol. The summed E-state index contributed by atoms with van der Waals surface area (Å²) in [5, 5.41) is 0.854. The van der Waals surface area contributed by atoms with E-state index in [1.165, 1.54) is 0 Å². The molecule has 1 heterocycles. The molecule has 1 amide bonds. The summed E-state index contributed by atoms with van der Waals surface area (Å²) < 4.78 is 5.50. The van der Waals surface area contributed by atoms with Gasteiger partial charge in [-0.2, -0.15) is 0 Å². The molecule has 0 bridgehead atoms. The second-order valence-corrected chi connectivity index (χ2v) is 4.63. The molecule has 0 aromatic heterocycles. The second-order valence-electron chi connectivity index (χ2n) is 3.84. The van der Waals surface area contributed by atoms with Crippen molar-refractivity contribution in [2.75, 3.05) is 25.0 Å². The minimum atomic E-state index is 0.257. The zero-order chi connectivity index (χ0) is 11.1. The lowest BCUT2D eigenvalue weighted by Gasteiger charge is -2.20. The SMILES string of the molecule is CCN(CCBr)C(=O)CCC1CCCO1. The van der Waals surface area contributed by atoms with Crippen molar-refractivity contribution in [1.29, 1.82) is 0 Å². The Hall–Kier alpha value is -0.0900. The van der Waals surface area contributed by atoms with E-state index in [1.54, 1.807) is 0 Å². The van der Waals surface area contributed by atoms with Gasteiger partial charge in [0.15, 0.2) is 0 Å². The molecule has 0 spiro atoms. The molecule has 4 heteroatoms. The molecular formula is C11H20BrNO2. The van der Waals surface area contributed by atoms with Gasteiger partial charge in [-0.05, 0) is 26.2 Å². The van der Waals surface area contributed by atoms with Crippen molar-refractivity contribution in [3.05, 3.63) is 0 Å². The van der Waals surface area contributed by atoms with Crippen LogP contribution in [0.1, 0.15) is 32.6 Å². The summed E-state index contributed by atoms with van der Waals surface area (Å²) >= 11 is 3.36. The molecule has 3 nitrogen and oxygen atoms in total. The van der Waals surface area contributed by atoms with Gasteiger partial charge in [-0.1, -0.05) is 15.9 Å². The standard InChI is InChI=1S/C11H20BrNO2/c1-2-13(8-7-12)11(14)6-5-10-4-3-9-15-10/h10H,2-9H2,1H3. The average Bonchev–Trinajstić information content (AvgIpc) is 2.75. The molecule has 1 aliphatic rings. The van der Waals surface area contributed by atoms with Crippen LogP contribution in [0.25, 0.3) is 0 Å². The number of nitrogens with zero attached hydrogens (tertiary/aromatic N) is 1. The number of ether oxygens (including phenoxy) is 1. The number of rotatable bonds is 6. The smallest absolute Gasteiger partial charge is 0.222 e. The van der Waals surface area contributed by atoms with E-state index in [0.29, 0.717) is 12.5 Å². The topological polar surface area (TPSA) is 29.5 Å². The van der Waals surface area contributed by atoms with E-state index in [9.17, 15) is 4.79 Å². The third kappa shape index (κ3) is 4.51. The quantitative estimate of drug-likeness (QED) is 0.697. The number of hydrogen-bond acceptors (Lipinski definition) is 2. The van der Waals surface area contributed by atoms with E-state index < -0.39 is 0 Å². The van der Waals surface area contributed by atoms with Gasteiger partial charge in [0.25, 0.3) is 0 Å². The fourth-order valence-electron chi connectivity index (χ4n) is 1.88. The normalized spacial score (nSPS) is 20.5. The summed E-state index contributed by atoms with van der Waals surface area (Å²) in [7, 11) is 0. The fraction of sp³-hybridized carbons (Fsp3) is 0.909. The zero-order valence-electron chi connectivity index (χ0n) is 9.38. The Labute approximate surface area is 100 Å². The third-order valence-electron chi connectivity index (χ3n) is 2.79. The van der Waals surface area contributed by atoms with E-state index in [0.717, 1.165) is 44.3 Å². The predicted molar refractivity (Wildman–Crippen MR) is 64.3 cm³/mol. The first kappa shape index (κ1) is 13.0. The summed E-state index contributed by atoms with van der Waals surface area (Å²) in [6.07, 6.45) is 4.12. The maximum absolute atomic E-state index is 11.8. The van der Waals surface area contributed by atoms with Gasteiger partial charge in [0, 0.05) is 31.4 Å². The number of carbonyl (C=O) groups excluding carboxylic acids is 1. The van der Waals surface area contributed by atoms with Crippen LogP contribution >= 0.6 is 15.9 Å². The van der Waals surface area contributed by atoms with Crippen LogP contribution in [0.15, 0.2) is 0 Å². The maximum Gasteiger partial charge on any atom is 0.222 e. The summed E-state index contributed by atoms with van der Waals surface area (Å²) in [4.78, 5) is 13.7. The molecule has 0 aromatic rings. The molecule has 0 aromatic carbocycles. The monoisotopic (exact) mass is 277 g/mol. The van der Waals surface area contributed by atoms with Crippen molar-refractivity contribution < 1.29 is 9.53 Å². The van der Waals surface area contributed by atoms with Crippen molar-refractivity contribution >= 4 is 21.8 Å². The van der Waals surface area contributed by atoms with E-state index in [-0.39, 0.29) is 5.91 Å². The van der Waals surface area contributed by atoms with Crippen LogP contribution in [0.4, 0.5) is 0 Å². The van der Waals surface area contributed by atoms with Crippen LogP contribution in [-0.4, -0.2) is 41.9 Å². The minimum absolute atomic E-state index is 0.257. The highest BCUT2D eigenvalue weighted by molar-refractivity contribution is 9.09. The van der Waals surface area contributed by atoms with Gasteiger partial charge in [-0.3, -0.25) is 4.79 Å². The van der Waals surface area contributed by atoms with Crippen LogP contribution in [0.3, 0.4) is 0 Å². The molecule has 0 aliphatic carbocycles. The highest BCUT2D eigenvalue weighted by Gasteiger charge is 2.18. The van der Waals surface area contributed by atoms with Gasteiger partial charge in [0.05, 0.1) is 6.10 Å². The van der Waals surface area contributed by atoms with Gasteiger partial charge in [-0.25, -0.2) is 0 Å². The number of amides is 1. The van der Waals surface area contributed by atoms with Gasteiger partial charge >= 0.3 is 0 Å². The fourth-order valence-corrected chi connectivity index (χ4v) is 2.30. The van der Waals surface area contributed by atoms with E-state index in [2.05, 4.69) is 15.9 Å². The molecule has 15 heavy (non-hydrogen) atoms. The van der Waals surface area contributed by atoms with Crippen LogP contribution in [0, 0.1) is 0 Å². The lowest BCUT2D eigenvalue weighted by atomic mass is 10.1. The Morgan fingerprint density at radius 2 is 2.40 bits per heavy atom. The summed E-state index contributed by atoms with van der Waals surface area (Å²) in [5.74, 6) is 0.257. The number of carbonyl (C=O) groups is 1. The third-order valence-corrected chi connectivity index (χ3v) is 3.15. The lowest BCUT2D eigenvalue weighted by Crippen LogP contribution is -2.32. The largest absolute Gasteiger partial charge is 0.378 e. The first-order chi connectivity index (χ1) is 7.27. The molecular weight excluding hydrogens is 258 g/mol. The van der Waals surface area contributed by atoms with Crippen LogP contribution in [-0.2, 0) is 9.53 Å². The van der Waals surface area contributed by atoms with Crippen molar-refractivity contribution in [3.63, 3.8) is 0 Å². The van der Waals surface area contributed by atoms with Gasteiger partial charge in [0.1, 0.15) is 0 Å². The Morgan fingerprint density at radius 1 is 1.60 bits per heavy atom. The summed E-state index contributed by atoms with van der Waals surface area (Å²) in [6, 6.07) is 0. The molecule has 1 fully saturated rings.